The summed E-state index contributed by atoms with van der Waals surface area (Å²) in [4.78, 5) is 51.7. The predicted octanol–water partition coefficient (Wildman–Crippen LogP) is 3.42. The third-order valence-corrected chi connectivity index (χ3v) is 6.28. The van der Waals surface area contributed by atoms with Crippen molar-refractivity contribution in [3.05, 3.63) is 70.2 Å². The first-order valence-corrected chi connectivity index (χ1v) is 11.2. The van der Waals surface area contributed by atoms with E-state index in [4.69, 9.17) is 16.3 Å². The number of ketones is 1. The first kappa shape index (κ1) is 24.5. The van der Waals surface area contributed by atoms with Gasteiger partial charge in [-0.05, 0) is 44.4 Å². The van der Waals surface area contributed by atoms with Gasteiger partial charge in [0, 0.05) is 29.6 Å². The molecule has 1 aliphatic rings. The number of likely N-dealkylation sites (N-methyl/N-ethyl adjacent to an activating group) is 1. The second-order valence-electron chi connectivity index (χ2n) is 8.14. The van der Waals surface area contributed by atoms with Gasteiger partial charge < -0.3 is 15.0 Å². The van der Waals surface area contributed by atoms with E-state index in [-0.39, 0.29) is 12.3 Å². The molecule has 2 amide bonds. The number of carbonyl (C=O) groups is 4. The van der Waals surface area contributed by atoms with Crippen LogP contribution in [0.3, 0.4) is 0 Å². The van der Waals surface area contributed by atoms with Crippen LogP contribution in [0.25, 0.3) is 0 Å². The lowest BCUT2D eigenvalue weighted by Crippen LogP contribution is -2.55. The molecule has 0 aliphatic heterocycles. The van der Waals surface area contributed by atoms with E-state index in [0.717, 1.165) is 18.4 Å². The summed E-state index contributed by atoms with van der Waals surface area (Å²) < 4.78 is 5.08. The number of ether oxygens (including phenoxy) is 1. The average Bonchev–Trinajstić information content (AvgIpc) is 2.81. The Bertz CT molecular complexity index is 1070. The summed E-state index contributed by atoms with van der Waals surface area (Å²) >= 11 is 6.40. The maximum absolute atomic E-state index is 13.1. The lowest BCUT2D eigenvalue weighted by molar-refractivity contribution is -0.157. The Hall–Kier alpha value is -3.19. The number of benzene rings is 2. The van der Waals surface area contributed by atoms with Crippen LogP contribution >= 0.6 is 11.6 Å². The molecule has 1 fully saturated rings. The van der Waals surface area contributed by atoms with Crippen molar-refractivity contribution in [2.75, 3.05) is 20.2 Å². The minimum Gasteiger partial charge on any atom is -0.454 e. The number of hydrogen-bond donors (Lipinski definition) is 1. The first-order chi connectivity index (χ1) is 15.8. The fourth-order valence-corrected chi connectivity index (χ4v) is 4.47. The first-order valence-electron chi connectivity index (χ1n) is 10.8. The summed E-state index contributed by atoms with van der Waals surface area (Å²) in [6.45, 7) is 0.938. The highest BCUT2D eigenvalue weighted by molar-refractivity contribution is 6.31. The zero-order valence-electron chi connectivity index (χ0n) is 18.7. The Labute approximate surface area is 198 Å². The molecule has 3 rings (SSSR count). The van der Waals surface area contributed by atoms with Gasteiger partial charge in [-0.1, -0.05) is 47.5 Å². The van der Waals surface area contributed by atoms with Crippen molar-refractivity contribution in [3.8, 4) is 0 Å². The van der Waals surface area contributed by atoms with E-state index in [1.165, 1.54) is 11.9 Å². The zero-order valence-corrected chi connectivity index (χ0v) is 19.5. The van der Waals surface area contributed by atoms with E-state index in [1.807, 2.05) is 13.0 Å². The zero-order chi connectivity index (χ0) is 24.0. The maximum atomic E-state index is 13.1. The van der Waals surface area contributed by atoms with Gasteiger partial charge in [0.25, 0.3) is 11.8 Å². The molecule has 0 radical (unpaired) electrons. The number of aryl methyl sites for hydroxylation is 1. The molecule has 8 heteroatoms. The number of nitrogens with one attached hydrogen (secondary N) is 1. The summed E-state index contributed by atoms with van der Waals surface area (Å²) in [5.41, 5.74) is 0.725. The molecule has 174 valence electrons. The highest BCUT2D eigenvalue weighted by atomic mass is 35.5. The number of nitrogens with zero attached hydrogens (tertiary/aromatic N) is 1. The predicted molar refractivity (Wildman–Crippen MR) is 124 cm³/mol. The smallest absolute Gasteiger partial charge is 0.325 e. The van der Waals surface area contributed by atoms with Crippen molar-refractivity contribution < 1.29 is 23.9 Å². The number of carbonyl (C=O) groups excluding carboxylic acids is 4. The molecule has 1 aliphatic carbocycles. The molecule has 1 saturated carbocycles. The molecule has 0 bridgehead atoms. The largest absolute Gasteiger partial charge is 0.454 e. The summed E-state index contributed by atoms with van der Waals surface area (Å²) in [6, 6.07) is 13.9. The molecule has 1 unspecified atom stereocenters. The van der Waals surface area contributed by atoms with Crippen LogP contribution in [0.2, 0.25) is 5.02 Å². The highest BCUT2D eigenvalue weighted by Gasteiger charge is 2.47. The monoisotopic (exact) mass is 470 g/mol. The van der Waals surface area contributed by atoms with Gasteiger partial charge in [-0.2, -0.15) is 0 Å². The Morgan fingerprint density at radius 2 is 1.88 bits per heavy atom. The topological polar surface area (TPSA) is 92.8 Å². The molecule has 0 aromatic heterocycles. The van der Waals surface area contributed by atoms with E-state index in [2.05, 4.69) is 5.32 Å². The van der Waals surface area contributed by atoms with Gasteiger partial charge in [0.2, 0.25) is 0 Å². The van der Waals surface area contributed by atoms with E-state index < -0.39 is 29.9 Å². The number of rotatable bonds is 7. The van der Waals surface area contributed by atoms with Gasteiger partial charge in [0.15, 0.2) is 12.4 Å². The number of hydrogen-bond acceptors (Lipinski definition) is 5. The van der Waals surface area contributed by atoms with Crippen LogP contribution in [0.1, 0.15) is 47.2 Å². The van der Waals surface area contributed by atoms with Crippen molar-refractivity contribution in [2.24, 2.45) is 0 Å². The average molecular weight is 471 g/mol. The van der Waals surface area contributed by atoms with Gasteiger partial charge in [-0.15, -0.1) is 0 Å². The molecule has 0 spiro atoms. The molecule has 0 heterocycles. The normalized spacial score (nSPS) is 17.8. The highest BCUT2D eigenvalue weighted by Crippen LogP contribution is 2.42. The summed E-state index contributed by atoms with van der Waals surface area (Å²) in [5.74, 6) is -1.78. The summed E-state index contributed by atoms with van der Waals surface area (Å²) in [6.07, 6.45) is 2.30. The van der Waals surface area contributed by atoms with Gasteiger partial charge in [0.1, 0.15) is 12.1 Å². The molecule has 2 aromatic rings. The van der Waals surface area contributed by atoms with Crippen LogP contribution in [0.4, 0.5) is 0 Å². The van der Waals surface area contributed by atoms with Crippen molar-refractivity contribution in [1.29, 1.82) is 0 Å². The number of amides is 2. The van der Waals surface area contributed by atoms with E-state index in [1.54, 1.807) is 42.5 Å². The fourth-order valence-electron chi connectivity index (χ4n) is 4.17. The molecule has 33 heavy (non-hydrogen) atoms. The van der Waals surface area contributed by atoms with Crippen molar-refractivity contribution >= 4 is 35.2 Å². The van der Waals surface area contributed by atoms with Crippen LogP contribution in [-0.2, 0) is 24.7 Å². The van der Waals surface area contributed by atoms with E-state index >= 15 is 0 Å². The summed E-state index contributed by atoms with van der Waals surface area (Å²) in [5, 5.41) is 2.89. The Morgan fingerprint density at radius 1 is 1.12 bits per heavy atom. The van der Waals surface area contributed by atoms with Gasteiger partial charge in [-0.3, -0.25) is 19.2 Å². The van der Waals surface area contributed by atoms with Gasteiger partial charge >= 0.3 is 5.97 Å². The standard InChI is InChI=1S/C25H27ClN2O5/c1-17-8-7-9-18(14-17)24(32)27-15-23(31)33-16-22(30)28(2)25(13-6-5-12-21(25)29)19-10-3-4-11-20(19)26/h3-4,7-11,14H,5-6,12-13,15-16H2,1-2H3,(H,27,32). The number of esters is 1. The van der Waals surface area contributed by atoms with Crippen LogP contribution in [0.15, 0.2) is 48.5 Å². The SMILES string of the molecule is Cc1cccc(C(=O)NCC(=O)OCC(=O)N(C)C2(c3ccccc3Cl)CCCCC2=O)c1. The molecular weight excluding hydrogens is 444 g/mol. The third kappa shape index (κ3) is 5.42. The van der Waals surface area contributed by atoms with Gasteiger partial charge in [-0.25, -0.2) is 0 Å². The molecule has 7 nitrogen and oxygen atoms in total. The van der Waals surface area contributed by atoms with Crippen LogP contribution < -0.4 is 5.32 Å². The Morgan fingerprint density at radius 3 is 2.58 bits per heavy atom. The quantitative estimate of drug-likeness (QED) is 0.626. The molecule has 1 atom stereocenters. The maximum Gasteiger partial charge on any atom is 0.325 e. The molecule has 1 N–H and O–H groups in total. The second-order valence-corrected chi connectivity index (χ2v) is 8.54. The lowest BCUT2D eigenvalue weighted by atomic mass is 9.74. The minimum atomic E-state index is -1.19. The van der Waals surface area contributed by atoms with Crippen molar-refractivity contribution in [2.45, 2.75) is 38.1 Å². The lowest BCUT2D eigenvalue weighted by Gasteiger charge is -2.43. The number of halogens is 1. The Balaban J connectivity index is 1.63. The second kappa shape index (κ2) is 10.6. The van der Waals surface area contributed by atoms with Crippen molar-refractivity contribution in [1.82, 2.24) is 10.2 Å². The third-order valence-electron chi connectivity index (χ3n) is 5.95. The molecular formula is C25H27ClN2O5. The molecule has 0 saturated heterocycles. The fraction of sp³-hybridized carbons (Fsp3) is 0.360. The van der Waals surface area contributed by atoms with Crippen LogP contribution in [-0.4, -0.2) is 48.7 Å². The van der Waals surface area contributed by atoms with Gasteiger partial charge in [0.05, 0.1) is 0 Å². The van der Waals surface area contributed by atoms with Crippen LogP contribution in [0.5, 0.6) is 0 Å². The summed E-state index contributed by atoms with van der Waals surface area (Å²) in [7, 11) is 1.53. The van der Waals surface area contributed by atoms with Crippen LogP contribution in [0, 0.1) is 6.92 Å². The Kier molecular flexibility index (Phi) is 7.87. The van der Waals surface area contributed by atoms with E-state index in [9.17, 15) is 19.2 Å². The van der Waals surface area contributed by atoms with E-state index in [0.29, 0.717) is 29.0 Å². The minimum absolute atomic E-state index is 0.0885. The van der Waals surface area contributed by atoms with Crippen molar-refractivity contribution in [3.63, 3.8) is 0 Å². The molecule has 2 aromatic carbocycles. The number of Topliss-reactive ketones (excluding diaryl/α,β-unsaturated/α-hetero) is 1.